The summed E-state index contributed by atoms with van der Waals surface area (Å²) in [6.07, 6.45) is 2.51. The molecule has 0 unspecified atom stereocenters. The van der Waals surface area contributed by atoms with Crippen LogP contribution < -0.4 is 5.32 Å². The lowest BCUT2D eigenvalue weighted by molar-refractivity contribution is 0.102. The number of carbonyl (C=O) groups is 1. The van der Waals surface area contributed by atoms with Gasteiger partial charge in [0.15, 0.2) is 0 Å². The highest BCUT2D eigenvalue weighted by Gasteiger charge is 2.17. The molecule has 0 saturated carbocycles. The van der Waals surface area contributed by atoms with E-state index < -0.39 is 0 Å². The Morgan fingerprint density at radius 1 is 1.04 bits per heavy atom. The lowest BCUT2D eigenvalue weighted by Gasteiger charge is -2.16. The second kappa shape index (κ2) is 7.89. The molecule has 3 aromatic rings. The van der Waals surface area contributed by atoms with Gasteiger partial charge in [-0.3, -0.25) is 10.1 Å². The van der Waals surface area contributed by atoms with Crippen LogP contribution in [0.5, 0.6) is 0 Å². The first-order chi connectivity index (χ1) is 13.1. The van der Waals surface area contributed by atoms with E-state index >= 15 is 0 Å². The number of carbonyl (C=O) groups excluding carboxylic acids is 1. The summed E-state index contributed by atoms with van der Waals surface area (Å²) in [6.45, 7) is 3.99. The third kappa shape index (κ3) is 3.95. The molecule has 2 heterocycles. The minimum Gasteiger partial charge on any atom is -0.309 e. The summed E-state index contributed by atoms with van der Waals surface area (Å²) < 4.78 is 2.07. The zero-order valence-corrected chi connectivity index (χ0v) is 16.3. The van der Waals surface area contributed by atoms with Crippen LogP contribution >= 0.6 is 23.2 Å². The van der Waals surface area contributed by atoms with Crippen LogP contribution in [0, 0.1) is 0 Å². The normalized spacial score (nSPS) is 14.7. The lowest BCUT2D eigenvalue weighted by Crippen LogP contribution is -2.25. The van der Waals surface area contributed by atoms with E-state index in [0.717, 1.165) is 37.2 Å². The molecule has 7 heteroatoms. The van der Waals surface area contributed by atoms with Gasteiger partial charge in [0, 0.05) is 18.7 Å². The SMILES string of the molecule is O=C(Nc1nc2ccccc2n1CCN1CCCC1)c1ccc(Cl)c(Cl)c1. The second-order valence-corrected chi connectivity index (χ2v) is 7.52. The molecule has 1 aliphatic rings. The van der Waals surface area contributed by atoms with Gasteiger partial charge in [-0.1, -0.05) is 35.3 Å². The number of hydrogen-bond donors (Lipinski definition) is 1. The maximum atomic E-state index is 12.7. The zero-order chi connectivity index (χ0) is 18.8. The largest absolute Gasteiger partial charge is 0.309 e. The fraction of sp³-hybridized carbons (Fsp3) is 0.300. The monoisotopic (exact) mass is 402 g/mol. The Balaban J connectivity index is 1.60. The van der Waals surface area contributed by atoms with Crippen LogP contribution in [0.15, 0.2) is 42.5 Å². The first-order valence-electron chi connectivity index (χ1n) is 9.06. The Morgan fingerprint density at radius 2 is 1.81 bits per heavy atom. The van der Waals surface area contributed by atoms with Crippen LogP contribution in [0.1, 0.15) is 23.2 Å². The number of rotatable bonds is 5. The van der Waals surface area contributed by atoms with Gasteiger partial charge in [-0.05, 0) is 56.3 Å². The van der Waals surface area contributed by atoms with Crippen molar-refractivity contribution in [2.45, 2.75) is 19.4 Å². The molecular formula is C20H20Cl2N4O. The number of nitrogens with one attached hydrogen (secondary N) is 1. The Kier molecular flexibility index (Phi) is 5.34. The molecule has 0 atom stereocenters. The second-order valence-electron chi connectivity index (χ2n) is 6.71. The van der Waals surface area contributed by atoms with E-state index in [4.69, 9.17) is 23.2 Å². The molecule has 27 heavy (non-hydrogen) atoms. The van der Waals surface area contributed by atoms with Crippen LogP contribution in [0.25, 0.3) is 11.0 Å². The van der Waals surface area contributed by atoms with Gasteiger partial charge in [-0.15, -0.1) is 0 Å². The number of hydrogen-bond acceptors (Lipinski definition) is 3. The van der Waals surface area contributed by atoms with E-state index in [0.29, 0.717) is 21.6 Å². The zero-order valence-electron chi connectivity index (χ0n) is 14.8. The summed E-state index contributed by atoms with van der Waals surface area (Å²) >= 11 is 12.0. The number of para-hydroxylation sites is 2. The summed E-state index contributed by atoms with van der Waals surface area (Å²) in [5, 5.41) is 3.71. The number of anilines is 1. The quantitative estimate of drug-likeness (QED) is 0.673. The van der Waals surface area contributed by atoms with Gasteiger partial charge in [0.2, 0.25) is 5.95 Å². The van der Waals surface area contributed by atoms with Crippen molar-refractivity contribution in [3.05, 3.63) is 58.1 Å². The number of halogens is 2. The fourth-order valence-corrected chi connectivity index (χ4v) is 3.75. The van der Waals surface area contributed by atoms with Gasteiger partial charge in [-0.25, -0.2) is 4.98 Å². The molecule has 2 aromatic carbocycles. The van der Waals surface area contributed by atoms with Gasteiger partial charge in [0.25, 0.3) is 5.91 Å². The number of likely N-dealkylation sites (tertiary alicyclic amines) is 1. The van der Waals surface area contributed by atoms with E-state index in [-0.39, 0.29) is 5.91 Å². The highest BCUT2D eigenvalue weighted by atomic mass is 35.5. The summed E-state index contributed by atoms with van der Waals surface area (Å²) in [6, 6.07) is 12.8. The molecule has 1 saturated heterocycles. The maximum absolute atomic E-state index is 12.7. The Labute approximate surface area is 167 Å². The van der Waals surface area contributed by atoms with E-state index in [1.165, 1.54) is 12.8 Å². The van der Waals surface area contributed by atoms with Gasteiger partial charge < -0.3 is 9.47 Å². The average molecular weight is 403 g/mol. The van der Waals surface area contributed by atoms with Crippen LogP contribution in [0.4, 0.5) is 5.95 Å². The number of amides is 1. The number of nitrogens with zero attached hydrogens (tertiary/aromatic N) is 3. The average Bonchev–Trinajstić information content (AvgIpc) is 3.29. The van der Waals surface area contributed by atoms with E-state index in [1.807, 2.05) is 24.3 Å². The van der Waals surface area contributed by atoms with Crippen LogP contribution in [-0.4, -0.2) is 40.0 Å². The highest BCUT2D eigenvalue weighted by Crippen LogP contribution is 2.24. The fourth-order valence-electron chi connectivity index (χ4n) is 3.46. The third-order valence-corrected chi connectivity index (χ3v) is 5.64. The Bertz CT molecular complexity index is 979. The number of aromatic nitrogens is 2. The van der Waals surface area contributed by atoms with Crippen molar-refractivity contribution in [2.75, 3.05) is 25.0 Å². The Morgan fingerprint density at radius 3 is 2.59 bits per heavy atom. The molecule has 4 rings (SSSR count). The standard InChI is InChI=1S/C20H20Cl2N4O/c21-15-8-7-14(13-16(15)22)19(27)24-20-23-17-5-1-2-6-18(17)26(20)12-11-25-9-3-4-10-25/h1-2,5-8,13H,3-4,9-12H2,(H,23,24,27). The molecule has 0 aliphatic carbocycles. The van der Waals surface area contributed by atoms with E-state index in [1.54, 1.807) is 18.2 Å². The topological polar surface area (TPSA) is 50.2 Å². The molecule has 0 radical (unpaired) electrons. The number of imidazole rings is 1. The predicted octanol–water partition coefficient (Wildman–Crippen LogP) is 4.69. The smallest absolute Gasteiger partial charge is 0.258 e. The molecule has 0 spiro atoms. The number of benzene rings is 2. The molecule has 1 N–H and O–H groups in total. The van der Waals surface area contributed by atoms with Crippen molar-refractivity contribution in [1.82, 2.24) is 14.5 Å². The van der Waals surface area contributed by atoms with E-state index in [2.05, 4.69) is 19.8 Å². The first kappa shape index (κ1) is 18.3. The molecule has 1 amide bonds. The first-order valence-corrected chi connectivity index (χ1v) is 9.81. The van der Waals surface area contributed by atoms with Gasteiger partial charge in [-0.2, -0.15) is 0 Å². The van der Waals surface area contributed by atoms with Gasteiger partial charge in [0.05, 0.1) is 21.1 Å². The summed E-state index contributed by atoms with van der Waals surface area (Å²) in [5.41, 5.74) is 2.33. The summed E-state index contributed by atoms with van der Waals surface area (Å²) in [4.78, 5) is 19.8. The van der Waals surface area contributed by atoms with Crippen molar-refractivity contribution in [2.24, 2.45) is 0 Å². The summed E-state index contributed by atoms with van der Waals surface area (Å²) in [5.74, 6) is 0.290. The molecule has 5 nitrogen and oxygen atoms in total. The summed E-state index contributed by atoms with van der Waals surface area (Å²) in [7, 11) is 0. The van der Waals surface area contributed by atoms with Crippen LogP contribution in [0.3, 0.4) is 0 Å². The molecule has 0 bridgehead atoms. The van der Waals surface area contributed by atoms with Gasteiger partial charge in [0.1, 0.15) is 0 Å². The third-order valence-electron chi connectivity index (χ3n) is 4.90. The maximum Gasteiger partial charge on any atom is 0.258 e. The molecular weight excluding hydrogens is 383 g/mol. The lowest BCUT2D eigenvalue weighted by atomic mass is 10.2. The number of fused-ring (bicyclic) bond motifs is 1. The molecule has 1 aliphatic heterocycles. The Hall–Kier alpha value is -2.08. The van der Waals surface area contributed by atoms with Gasteiger partial charge >= 0.3 is 0 Å². The molecule has 140 valence electrons. The van der Waals surface area contributed by atoms with Crippen molar-refractivity contribution < 1.29 is 4.79 Å². The minimum absolute atomic E-state index is 0.258. The van der Waals surface area contributed by atoms with Crippen molar-refractivity contribution in [3.63, 3.8) is 0 Å². The van der Waals surface area contributed by atoms with Crippen LogP contribution in [-0.2, 0) is 6.54 Å². The molecule has 1 aromatic heterocycles. The van der Waals surface area contributed by atoms with Crippen molar-refractivity contribution in [1.29, 1.82) is 0 Å². The molecule has 1 fully saturated rings. The minimum atomic E-state index is -0.258. The highest BCUT2D eigenvalue weighted by molar-refractivity contribution is 6.42. The van der Waals surface area contributed by atoms with Crippen molar-refractivity contribution in [3.8, 4) is 0 Å². The predicted molar refractivity (Wildman–Crippen MR) is 110 cm³/mol. The van der Waals surface area contributed by atoms with E-state index in [9.17, 15) is 4.79 Å². The van der Waals surface area contributed by atoms with Crippen LogP contribution in [0.2, 0.25) is 10.0 Å². The van der Waals surface area contributed by atoms with Crippen molar-refractivity contribution >= 4 is 46.1 Å².